The molecular formula is C15H18BrN3. The molecule has 1 saturated heterocycles. The summed E-state index contributed by atoms with van der Waals surface area (Å²) >= 11 is 3.47. The van der Waals surface area contributed by atoms with Crippen LogP contribution in [0.3, 0.4) is 0 Å². The van der Waals surface area contributed by atoms with Crippen molar-refractivity contribution >= 4 is 15.9 Å². The number of hydrogen-bond donors (Lipinski definition) is 1. The van der Waals surface area contributed by atoms with Gasteiger partial charge in [-0.1, -0.05) is 15.9 Å². The van der Waals surface area contributed by atoms with Crippen LogP contribution in [0.15, 0.2) is 28.7 Å². The molecule has 1 aromatic heterocycles. The largest absolute Gasteiger partial charge is 0.316 e. The minimum atomic E-state index is 0.615. The van der Waals surface area contributed by atoms with Crippen molar-refractivity contribution in [3.05, 3.63) is 45.7 Å². The Kier molecular flexibility index (Phi) is 3.46. The molecule has 1 aliphatic rings. The van der Waals surface area contributed by atoms with Crippen LogP contribution in [0.25, 0.3) is 5.69 Å². The van der Waals surface area contributed by atoms with E-state index in [4.69, 9.17) is 5.10 Å². The highest BCUT2D eigenvalue weighted by Crippen LogP contribution is 2.29. The number of hydrogen-bond acceptors (Lipinski definition) is 2. The summed E-state index contributed by atoms with van der Waals surface area (Å²) in [7, 11) is 0. The molecule has 3 nitrogen and oxygen atoms in total. The van der Waals surface area contributed by atoms with Crippen molar-refractivity contribution in [1.82, 2.24) is 15.1 Å². The maximum absolute atomic E-state index is 4.73. The number of benzene rings is 1. The summed E-state index contributed by atoms with van der Waals surface area (Å²) in [4.78, 5) is 0. The molecule has 0 bridgehead atoms. The third-order valence-corrected chi connectivity index (χ3v) is 4.42. The molecule has 1 aliphatic heterocycles. The first-order chi connectivity index (χ1) is 9.16. The van der Waals surface area contributed by atoms with Gasteiger partial charge in [-0.15, -0.1) is 0 Å². The summed E-state index contributed by atoms with van der Waals surface area (Å²) < 4.78 is 3.16. The van der Waals surface area contributed by atoms with E-state index in [-0.39, 0.29) is 0 Å². The molecule has 4 heteroatoms. The lowest BCUT2D eigenvalue weighted by atomic mass is 9.96. The molecule has 3 rings (SSSR count). The van der Waals surface area contributed by atoms with Crippen molar-refractivity contribution in [1.29, 1.82) is 0 Å². The lowest BCUT2D eigenvalue weighted by Gasteiger charge is -2.10. The van der Waals surface area contributed by atoms with Crippen LogP contribution in [0.2, 0.25) is 0 Å². The molecule has 0 spiro atoms. The molecule has 0 radical (unpaired) electrons. The van der Waals surface area contributed by atoms with E-state index in [1.54, 1.807) is 0 Å². The van der Waals surface area contributed by atoms with Gasteiger partial charge in [-0.2, -0.15) is 5.10 Å². The van der Waals surface area contributed by atoms with Gasteiger partial charge in [0.2, 0.25) is 0 Å². The van der Waals surface area contributed by atoms with Crippen LogP contribution in [0, 0.1) is 13.8 Å². The number of nitrogens with one attached hydrogen (secondary N) is 1. The fraction of sp³-hybridized carbons (Fsp3) is 0.400. The molecule has 2 heterocycles. The van der Waals surface area contributed by atoms with Gasteiger partial charge in [-0.3, -0.25) is 0 Å². The monoisotopic (exact) mass is 319 g/mol. The molecule has 1 atom stereocenters. The van der Waals surface area contributed by atoms with E-state index in [0.717, 1.165) is 28.9 Å². The Morgan fingerprint density at radius 2 is 2.00 bits per heavy atom. The van der Waals surface area contributed by atoms with Crippen LogP contribution in [0.1, 0.15) is 29.3 Å². The zero-order chi connectivity index (χ0) is 13.4. The standard InChI is InChI=1S/C15H18BrN3/c1-10-15(12-7-8-17-9-12)11(2)19(18-10)14-5-3-13(16)4-6-14/h3-6,12,17H,7-9H2,1-2H3. The van der Waals surface area contributed by atoms with Gasteiger partial charge in [0, 0.05) is 28.2 Å². The Balaban J connectivity index is 2.03. The lowest BCUT2D eigenvalue weighted by molar-refractivity contribution is 0.749. The third-order valence-electron chi connectivity index (χ3n) is 3.89. The molecule has 0 amide bonds. The van der Waals surface area contributed by atoms with E-state index in [9.17, 15) is 0 Å². The van der Waals surface area contributed by atoms with Crippen LogP contribution in [-0.4, -0.2) is 22.9 Å². The molecule has 1 unspecified atom stereocenters. The van der Waals surface area contributed by atoms with Crippen LogP contribution in [0.5, 0.6) is 0 Å². The Hall–Kier alpha value is -1.13. The van der Waals surface area contributed by atoms with Crippen LogP contribution >= 0.6 is 15.9 Å². The van der Waals surface area contributed by atoms with Crippen LogP contribution < -0.4 is 5.32 Å². The number of aromatic nitrogens is 2. The Bertz CT molecular complexity index is 580. The second kappa shape index (κ2) is 5.10. The number of halogens is 1. The van der Waals surface area contributed by atoms with Crippen molar-refractivity contribution in [2.45, 2.75) is 26.2 Å². The molecule has 2 aromatic rings. The first-order valence-corrected chi connectivity index (χ1v) is 7.49. The average molecular weight is 320 g/mol. The minimum absolute atomic E-state index is 0.615. The van der Waals surface area contributed by atoms with E-state index in [0.29, 0.717) is 5.92 Å². The summed E-state index contributed by atoms with van der Waals surface area (Å²) in [5.74, 6) is 0.615. The summed E-state index contributed by atoms with van der Waals surface area (Å²) in [6, 6.07) is 8.31. The highest BCUT2D eigenvalue weighted by atomic mass is 79.9. The lowest BCUT2D eigenvalue weighted by Crippen LogP contribution is -2.09. The fourth-order valence-corrected chi connectivity index (χ4v) is 3.24. The topological polar surface area (TPSA) is 29.9 Å². The normalized spacial score (nSPS) is 19.0. The minimum Gasteiger partial charge on any atom is -0.316 e. The quantitative estimate of drug-likeness (QED) is 0.920. The molecular weight excluding hydrogens is 302 g/mol. The summed E-state index contributed by atoms with van der Waals surface area (Å²) in [6.07, 6.45) is 1.22. The van der Waals surface area contributed by atoms with E-state index in [2.05, 4.69) is 64.0 Å². The average Bonchev–Trinajstić information content (AvgIpc) is 2.99. The Morgan fingerprint density at radius 1 is 1.26 bits per heavy atom. The first kappa shape index (κ1) is 12.9. The summed E-state index contributed by atoms with van der Waals surface area (Å²) in [5, 5.41) is 8.17. The van der Waals surface area contributed by atoms with Gasteiger partial charge >= 0.3 is 0 Å². The maximum atomic E-state index is 4.73. The van der Waals surface area contributed by atoms with Gasteiger partial charge in [0.1, 0.15) is 0 Å². The smallest absolute Gasteiger partial charge is 0.0649 e. The van der Waals surface area contributed by atoms with Gasteiger partial charge in [0.15, 0.2) is 0 Å². The van der Waals surface area contributed by atoms with Gasteiger partial charge in [-0.25, -0.2) is 4.68 Å². The number of rotatable bonds is 2. The second-order valence-corrected chi connectivity index (χ2v) is 6.08. The molecule has 1 fully saturated rings. The Labute approximate surface area is 122 Å². The second-order valence-electron chi connectivity index (χ2n) is 5.16. The van der Waals surface area contributed by atoms with E-state index >= 15 is 0 Å². The molecule has 100 valence electrons. The Morgan fingerprint density at radius 3 is 2.63 bits per heavy atom. The molecule has 0 aliphatic carbocycles. The predicted octanol–water partition coefficient (Wildman–Crippen LogP) is 3.33. The summed E-state index contributed by atoms with van der Waals surface area (Å²) in [6.45, 7) is 6.49. The van der Waals surface area contributed by atoms with Crippen molar-refractivity contribution in [3.63, 3.8) is 0 Å². The number of nitrogens with zero attached hydrogens (tertiary/aromatic N) is 2. The highest BCUT2D eigenvalue weighted by Gasteiger charge is 2.24. The van der Waals surface area contributed by atoms with Crippen molar-refractivity contribution in [3.8, 4) is 5.69 Å². The van der Waals surface area contributed by atoms with Crippen LogP contribution in [0.4, 0.5) is 0 Å². The summed E-state index contributed by atoms with van der Waals surface area (Å²) in [5.41, 5.74) is 4.98. The van der Waals surface area contributed by atoms with E-state index < -0.39 is 0 Å². The van der Waals surface area contributed by atoms with Gasteiger partial charge in [0.05, 0.1) is 11.4 Å². The van der Waals surface area contributed by atoms with Gasteiger partial charge in [0.25, 0.3) is 0 Å². The van der Waals surface area contributed by atoms with Crippen molar-refractivity contribution < 1.29 is 0 Å². The van der Waals surface area contributed by atoms with Gasteiger partial charge in [-0.05, 0) is 51.1 Å². The van der Waals surface area contributed by atoms with Crippen LogP contribution in [-0.2, 0) is 0 Å². The van der Waals surface area contributed by atoms with Crippen molar-refractivity contribution in [2.75, 3.05) is 13.1 Å². The van der Waals surface area contributed by atoms with E-state index in [1.807, 2.05) is 0 Å². The highest BCUT2D eigenvalue weighted by molar-refractivity contribution is 9.10. The zero-order valence-electron chi connectivity index (χ0n) is 11.3. The molecule has 19 heavy (non-hydrogen) atoms. The predicted molar refractivity (Wildman–Crippen MR) is 81.0 cm³/mol. The zero-order valence-corrected chi connectivity index (χ0v) is 12.9. The third kappa shape index (κ3) is 2.35. The molecule has 1 aromatic carbocycles. The SMILES string of the molecule is Cc1nn(-c2ccc(Br)cc2)c(C)c1C1CCNC1. The molecule has 1 N–H and O–H groups in total. The van der Waals surface area contributed by atoms with Gasteiger partial charge < -0.3 is 5.32 Å². The number of aryl methyl sites for hydroxylation is 1. The first-order valence-electron chi connectivity index (χ1n) is 6.69. The fourth-order valence-electron chi connectivity index (χ4n) is 2.98. The maximum Gasteiger partial charge on any atom is 0.0649 e. The molecule has 0 saturated carbocycles. The van der Waals surface area contributed by atoms with Crippen molar-refractivity contribution in [2.24, 2.45) is 0 Å². The van der Waals surface area contributed by atoms with E-state index in [1.165, 1.54) is 17.7 Å².